The zero-order chi connectivity index (χ0) is 15.4. The van der Waals surface area contributed by atoms with Gasteiger partial charge in [0.25, 0.3) is 0 Å². The number of aryl methyl sites for hydroxylation is 1. The van der Waals surface area contributed by atoms with Gasteiger partial charge in [-0.15, -0.1) is 0 Å². The van der Waals surface area contributed by atoms with Crippen LogP contribution in [0.15, 0.2) is 91.5 Å². The average Bonchev–Trinajstić information content (AvgIpc) is 2.57. The van der Waals surface area contributed by atoms with Gasteiger partial charge in [0.2, 0.25) is 0 Å². The molecule has 22 heavy (non-hydrogen) atoms. The van der Waals surface area contributed by atoms with Gasteiger partial charge in [-0.25, -0.2) is 0 Å². The van der Waals surface area contributed by atoms with Crippen LogP contribution in [-0.4, -0.2) is 0 Å². The van der Waals surface area contributed by atoms with Gasteiger partial charge in [-0.3, -0.25) is 0 Å². The molecular weight excluding hydrogens is 264 g/mol. The minimum Gasteiger partial charge on any atom is -0.0943 e. The van der Waals surface area contributed by atoms with Gasteiger partial charge in [0.1, 0.15) is 0 Å². The molecule has 0 aromatic heterocycles. The molecule has 0 spiro atoms. The Labute approximate surface area is 132 Å². The van der Waals surface area contributed by atoms with E-state index >= 15 is 0 Å². The molecule has 3 rings (SSSR count). The summed E-state index contributed by atoms with van der Waals surface area (Å²) in [7, 11) is 0. The normalized spacial score (nSPS) is 10.6. The molecule has 0 heterocycles. The fraction of sp³-hybridized carbons (Fsp3) is 0.0909. The third-order valence-corrected chi connectivity index (χ3v) is 4.11. The summed E-state index contributed by atoms with van der Waals surface area (Å²) in [5.74, 6) is 0.184. The standard InChI is InChI=1S/C22H20/c1-17-11-9-10-16-21(17)18(2)22(19-12-5-3-6-13-19)20-14-7-4-8-15-20/h3-16,22H,2H2,1H3. The van der Waals surface area contributed by atoms with E-state index in [1.807, 2.05) is 0 Å². The second-order valence-corrected chi connectivity index (χ2v) is 5.59. The van der Waals surface area contributed by atoms with E-state index in [2.05, 4.69) is 98.4 Å². The maximum absolute atomic E-state index is 4.44. The van der Waals surface area contributed by atoms with Crippen molar-refractivity contribution in [2.24, 2.45) is 0 Å². The summed E-state index contributed by atoms with van der Waals surface area (Å²) in [6.45, 7) is 6.59. The molecule has 108 valence electrons. The quantitative estimate of drug-likeness (QED) is 0.564. The first-order chi connectivity index (χ1) is 10.8. The average molecular weight is 284 g/mol. The zero-order valence-corrected chi connectivity index (χ0v) is 12.9. The van der Waals surface area contributed by atoms with E-state index in [-0.39, 0.29) is 5.92 Å². The van der Waals surface area contributed by atoms with E-state index in [0.717, 1.165) is 5.57 Å². The number of rotatable bonds is 4. The third-order valence-electron chi connectivity index (χ3n) is 4.11. The van der Waals surface area contributed by atoms with E-state index in [9.17, 15) is 0 Å². The van der Waals surface area contributed by atoms with Crippen molar-refractivity contribution in [3.63, 3.8) is 0 Å². The van der Waals surface area contributed by atoms with Crippen molar-refractivity contribution in [2.45, 2.75) is 12.8 Å². The van der Waals surface area contributed by atoms with Crippen LogP contribution >= 0.6 is 0 Å². The molecule has 0 aliphatic heterocycles. The molecule has 0 radical (unpaired) electrons. The lowest BCUT2D eigenvalue weighted by atomic mass is 9.81. The molecule has 0 N–H and O–H groups in total. The van der Waals surface area contributed by atoms with Gasteiger partial charge < -0.3 is 0 Å². The largest absolute Gasteiger partial charge is 0.0943 e. The highest BCUT2D eigenvalue weighted by molar-refractivity contribution is 5.75. The molecule has 0 fully saturated rings. The summed E-state index contributed by atoms with van der Waals surface area (Å²) in [6, 6.07) is 29.7. The van der Waals surface area contributed by atoms with Crippen LogP contribution in [0.1, 0.15) is 28.2 Å². The van der Waals surface area contributed by atoms with Gasteiger partial charge in [-0.05, 0) is 34.8 Å². The Morgan fingerprint density at radius 2 is 1.14 bits per heavy atom. The second kappa shape index (κ2) is 6.44. The van der Waals surface area contributed by atoms with E-state index in [0.29, 0.717) is 0 Å². The minimum atomic E-state index is 0.184. The molecular formula is C22H20. The van der Waals surface area contributed by atoms with Gasteiger partial charge in [-0.1, -0.05) is 91.5 Å². The highest BCUT2D eigenvalue weighted by atomic mass is 14.2. The summed E-state index contributed by atoms with van der Waals surface area (Å²) in [4.78, 5) is 0. The van der Waals surface area contributed by atoms with Gasteiger partial charge in [0.15, 0.2) is 0 Å². The van der Waals surface area contributed by atoms with Crippen molar-refractivity contribution in [2.75, 3.05) is 0 Å². The van der Waals surface area contributed by atoms with Crippen molar-refractivity contribution >= 4 is 5.57 Å². The Bertz CT molecular complexity index is 715. The predicted molar refractivity (Wildman–Crippen MR) is 94.9 cm³/mol. The molecule has 0 amide bonds. The second-order valence-electron chi connectivity index (χ2n) is 5.59. The maximum Gasteiger partial charge on any atom is 0.0340 e. The van der Waals surface area contributed by atoms with Crippen molar-refractivity contribution in [3.05, 3.63) is 114 Å². The lowest BCUT2D eigenvalue weighted by molar-refractivity contribution is 1.05. The summed E-state index contributed by atoms with van der Waals surface area (Å²) in [5, 5.41) is 0. The van der Waals surface area contributed by atoms with Crippen LogP contribution in [0, 0.1) is 6.92 Å². The Kier molecular flexibility index (Phi) is 4.20. The first-order valence-corrected chi connectivity index (χ1v) is 7.62. The topological polar surface area (TPSA) is 0 Å². The molecule has 3 aromatic carbocycles. The highest BCUT2D eigenvalue weighted by Gasteiger charge is 2.19. The fourth-order valence-electron chi connectivity index (χ4n) is 2.97. The summed E-state index contributed by atoms with van der Waals surface area (Å²) in [6.07, 6.45) is 0. The van der Waals surface area contributed by atoms with E-state index in [4.69, 9.17) is 0 Å². The van der Waals surface area contributed by atoms with Crippen LogP contribution in [0.5, 0.6) is 0 Å². The van der Waals surface area contributed by atoms with Crippen LogP contribution in [0.4, 0.5) is 0 Å². The molecule has 0 saturated carbocycles. The Morgan fingerprint density at radius 3 is 1.64 bits per heavy atom. The minimum absolute atomic E-state index is 0.184. The highest BCUT2D eigenvalue weighted by Crippen LogP contribution is 2.37. The summed E-state index contributed by atoms with van der Waals surface area (Å²) >= 11 is 0. The van der Waals surface area contributed by atoms with E-state index in [1.165, 1.54) is 22.3 Å². The number of hydrogen-bond donors (Lipinski definition) is 0. The molecule has 3 aromatic rings. The first-order valence-electron chi connectivity index (χ1n) is 7.62. The summed E-state index contributed by atoms with van der Waals surface area (Å²) < 4.78 is 0. The van der Waals surface area contributed by atoms with Crippen LogP contribution in [0.3, 0.4) is 0 Å². The third kappa shape index (κ3) is 2.87. The van der Waals surface area contributed by atoms with Crippen molar-refractivity contribution in [1.82, 2.24) is 0 Å². The number of allylic oxidation sites excluding steroid dienone is 1. The lowest BCUT2D eigenvalue weighted by Crippen LogP contribution is -2.04. The smallest absolute Gasteiger partial charge is 0.0340 e. The van der Waals surface area contributed by atoms with Crippen molar-refractivity contribution < 1.29 is 0 Å². The molecule has 0 nitrogen and oxygen atoms in total. The Balaban J connectivity index is 2.11. The first kappa shape index (κ1) is 14.3. The summed E-state index contributed by atoms with van der Waals surface area (Å²) in [5.41, 5.74) is 6.21. The molecule has 0 saturated heterocycles. The van der Waals surface area contributed by atoms with E-state index in [1.54, 1.807) is 0 Å². The van der Waals surface area contributed by atoms with Gasteiger partial charge in [-0.2, -0.15) is 0 Å². The monoisotopic (exact) mass is 284 g/mol. The van der Waals surface area contributed by atoms with Crippen LogP contribution < -0.4 is 0 Å². The van der Waals surface area contributed by atoms with Gasteiger partial charge >= 0.3 is 0 Å². The molecule has 0 atom stereocenters. The van der Waals surface area contributed by atoms with Gasteiger partial charge in [0.05, 0.1) is 0 Å². The van der Waals surface area contributed by atoms with Crippen LogP contribution in [0.25, 0.3) is 5.57 Å². The van der Waals surface area contributed by atoms with Crippen LogP contribution in [-0.2, 0) is 0 Å². The van der Waals surface area contributed by atoms with Crippen molar-refractivity contribution in [1.29, 1.82) is 0 Å². The number of hydrogen-bond acceptors (Lipinski definition) is 0. The Hall–Kier alpha value is -2.60. The molecule has 0 aliphatic carbocycles. The van der Waals surface area contributed by atoms with E-state index < -0.39 is 0 Å². The molecule has 0 unspecified atom stereocenters. The van der Waals surface area contributed by atoms with Gasteiger partial charge in [0, 0.05) is 5.92 Å². The molecule has 0 aliphatic rings. The zero-order valence-electron chi connectivity index (χ0n) is 12.9. The number of benzene rings is 3. The van der Waals surface area contributed by atoms with Crippen molar-refractivity contribution in [3.8, 4) is 0 Å². The molecule has 0 bridgehead atoms. The van der Waals surface area contributed by atoms with Crippen LogP contribution in [0.2, 0.25) is 0 Å². The fourth-order valence-corrected chi connectivity index (χ4v) is 2.97. The lowest BCUT2D eigenvalue weighted by Gasteiger charge is -2.22. The maximum atomic E-state index is 4.44. The molecule has 0 heteroatoms. The predicted octanol–water partition coefficient (Wildman–Crippen LogP) is 5.84. The Morgan fingerprint density at radius 1 is 0.682 bits per heavy atom. The SMILES string of the molecule is C=C(c1ccccc1C)C(c1ccccc1)c1ccccc1.